The summed E-state index contributed by atoms with van der Waals surface area (Å²) >= 11 is 0. The van der Waals surface area contributed by atoms with Crippen molar-refractivity contribution in [2.45, 2.75) is 32.5 Å². The molecular weight excluding hydrogens is 216 g/mol. The highest BCUT2D eigenvalue weighted by Gasteiger charge is 2.26. The lowest BCUT2D eigenvalue weighted by molar-refractivity contribution is 0.136. The van der Waals surface area contributed by atoms with Crippen molar-refractivity contribution in [1.82, 2.24) is 4.98 Å². The Labute approximate surface area is 102 Å². The first kappa shape index (κ1) is 12.3. The van der Waals surface area contributed by atoms with Gasteiger partial charge in [0.1, 0.15) is 5.82 Å². The number of aliphatic hydroxyl groups is 2. The summed E-state index contributed by atoms with van der Waals surface area (Å²) < 4.78 is 0. The van der Waals surface area contributed by atoms with Gasteiger partial charge in [-0.1, -0.05) is 6.07 Å². The van der Waals surface area contributed by atoms with Crippen molar-refractivity contribution in [3.05, 3.63) is 23.9 Å². The van der Waals surface area contributed by atoms with Crippen LogP contribution in [0.2, 0.25) is 0 Å². The van der Waals surface area contributed by atoms with Crippen LogP contribution in [0.15, 0.2) is 18.3 Å². The van der Waals surface area contributed by atoms with Gasteiger partial charge in [0.15, 0.2) is 0 Å². The fourth-order valence-corrected chi connectivity index (χ4v) is 2.22. The highest BCUT2D eigenvalue weighted by molar-refractivity contribution is 5.40. The predicted molar refractivity (Wildman–Crippen MR) is 66.9 cm³/mol. The molecule has 0 radical (unpaired) electrons. The Hall–Kier alpha value is -1.13. The lowest BCUT2D eigenvalue weighted by Crippen LogP contribution is -2.24. The molecule has 0 aromatic carbocycles. The van der Waals surface area contributed by atoms with Crippen molar-refractivity contribution in [2.75, 3.05) is 18.0 Å². The Morgan fingerprint density at radius 2 is 2.12 bits per heavy atom. The number of hydrogen-bond donors (Lipinski definition) is 2. The zero-order chi connectivity index (χ0) is 12.4. The molecule has 0 amide bonds. The van der Waals surface area contributed by atoms with E-state index in [1.165, 1.54) is 0 Å². The second kappa shape index (κ2) is 5.02. The van der Waals surface area contributed by atoms with Gasteiger partial charge in [-0.25, -0.2) is 4.98 Å². The second-order valence-corrected chi connectivity index (χ2v) is 4.86. The number of pyridine rings is 1. The number of aromatic nitrogens is 1. The molecule has 17 heavy (non-hydrogen) atoms. The number of hydrogen-bond acceptors (Lipinski definition) is 4. The fourth-order valence-electron chi connectivity index (χ4n) is 2.22. The van der Waals surface area contributed by atoms with Crippen LogP contribution in [0, 0.1) is 5.92 Å². The molecule has 0 saturated carbocycles. The molecule has 1 aromatic rings. The summed E-state index contributed by atoms with van der Waals surface area (Å²) in [4.78, 5) is 6.54. The number of nitrogens with zero attached hydrogens (tertiary/aromatic N) is 2. The summed E-state index contributed by atoms with van der Waals surface area (Å²) in [6, 6.07) is 3.84. The maximum Gasteiger partial charge on any atom is 0.128 e. The quantitative estimate of drug-likeness (QED) is 0.831. The third-order valence-corrected chi connectivity index (χ3v) is 3.48. The molecule has 1 saturated heterocycles. The lowest BCUT2D eigenvalue weighted by Gasteiger charge is -2.19. The van der Waals surface area contributed by atoms with Crippen molar-refractivity contribution in [1.29, 1.82) is 0 Å². The third-order valence-electron chi connectivity index (χ3n) is 3.48. The van der Waals surface area contributed by atoms with Gasteiger partial charge in [-0.15, -0.1) is 0 Å². The number of rotatable bonds is 3. The Kier molecular flexibility index (Phi) is 3.64. The summed E-state index contributed by atoms with van der Waals surface area (Å²) in [5.74, 6) is 1.27. The van der Waals surface area contributed by atoms with Crippen molar-refractivity contribution in [2.24, 2.45) is 5.92 Å². The molecule has 1 aliphatic heterocycles. The van der Waals surface area contributed by atoms with Crippen LogP contribution in [0.25, 0.3) is 0 Å². The molecule has 2 N–H and O–H groups in total. The predicted octanol–water partition coefficient (Wildman–Crippen LogP) is 1.34. The molecule has 0 bridgehead atoms. The monoisotopic (exact) mass is 236 g/mol. The van der Waals surface area contributed by atoms with Crippen molar-refractivity contribution < 1.29 is 10.2 Å². The van der Waals surface area contributed by atoms with Gasteiger partial charge in [0.25, 0.3) is 0 Å². The molecular formula is C13H20N2O2. The normalized spacial score (nSPS) is 23.8. The minimum atomic E-state index is -0.472. The first-order valence-corrected chi connectivity index (χ1v) is 6.15. The van der Waals surface area contributed by atoms with E-state index in [2.05, 4.69) is 9.88 Å². The van der Waals surface area contributed by atoms with Gasteiger partial charge in [-0.2, -0.15) is 0 Å². The van der Waals surface area contributed by atoms with Crippen LogP contribution in [-0.2, 0) is 0 Å². The molecule has 0 spiro atoms. The van der Waals surface area contributed by atoms with E-state index in [-0.39, 0.29) is 6.10 Å². The largest absolute Gasteiger partial charge is 0.393 e. The third kappa shape index (κ3) is 2.76. The molecule has 4 heteroatoms. The molecule has 2 heterocycles. The van der Waals surface area contributed by atoms with Crippen LogP contribution in [-0.4, -0.2) is 34.4 Å². The van der Waals surface area contributed by atoms with E-state index in [1.54, 1.807) is 13.1 Å². The highest BCUT2D eigenvalue weighted by Crippen LogP contribution is 2.25. The second-order valence-electron chi connectivity index (χ2n) is 4.86. The van der Waals surface area contributed by atoms with Crippen molar-refractivity contribution >= 4 is 5.82 Å². The van der Waals surface area contributed by atoms with Gasteiger partial charge in [0.2, 0.25) is 0 Å². The average Bonchev–Trinajstić information content (AvgIpc) is 2.78. The lowest BCUT2D eigenvalue weighted by atomic mass is 10.0. The van der Waals surface area contributed by atoms with Gasteiger partial charge < -0.3 is 15.1 Å². The van der Waals surface area contributed by atoms with Crippen LogP contribution >= 0.6 is 0 Å². The molecule has 2 unspecified atom stereocenters. The molecule has 1 fully saturated rings. The molecule has 4 nitrogen and oxygen atoms in total. The zero-order valence-electron chi connectivity index (χ0n) is 10.4. The first-order valence-electron chi connectivity index (χ1n) is 6.15. The summed E-state index contributed by atoms with van der Waals surface area (Å²) in [6.45, 7) is 5.38. The van der Waals surface area contributed by atoms with E-state index in [4.69, 9.17) is 0 Å². The van der Waals surface area contributed by atoms with Crippen molar-refractivity contribution in [3.63, 3.8) is 0 Å². The minimum Gasteiger partial charge on any atom is -0.393 e. The molecule has 1 aliphatic rings. The number of anilines is 1. The van der Waals surface area contributed by atoms with Gasteiger partial charge >= 0.3 is 0 Å². The maximum absolute atomic E-state index is 9.55. The topological polar surface area (TPSA) is 56.6 Å². The molecule has 0 aliphatic carbocycles. The molecule has 1 aromatic heterocycles. The Bertz CT molecular complexity index is 362. The fraction of sp³-hybridized carbons (Fsp3) is 0.615. The summed E-state index contributed by atoms with van der Waals surface area (Å²) in [5.41, 5.74) is 0.833. The zero-order valence-corrected chi connectivity index (χ0v) is 10.4. The summed E-state index contributed by atoms with van der Waals surface area (Å²) in [5, 5.41) is 19.0. The first-order chi connectivity index (χ1) is 8.08. The standard InChI is InChI=1S/C13H20N2O2/c1-9(16)11-3-4-13(14-7-11)15-6-5-12(8-15)10(2)17/h3-4,7,9-10,12,16-17H,5-6,8H2,1-2H3/t9-,10?,12?/m0/s1. The molecule has 3 atom stereocenters. The molecule has 94 valence electrons. The Balaban J connectivity index is 2.04. The van der Waals surface area contributed by atoms with E-state index < -0.39 is 6.10 Å². The van der Waals surface area contributed by atoms with E-state index in [1.807, 2.05) is 19.1 Å². The summed E-state index contributed by atoms with van der Waals surface area (Å²) in [7, 11) is 0. The van der Waals surface area contributed by atoms with Crippen LogP contribution < -0.4 is 4.90 Å². The van der Waals surface area contributed by atoms with E-state index in [0.29, 0.717) is 5.92 Å². The van der Waals surface area contributed by atoms with E-state index in [9.17, 15) is 10.2 Å². The molecule has 2 rings (SSSR count). The van der Waals surface area contributed by atoms with Gasteiger partial charge in [0.05, 0.1) is 12.2 Å². The Morgan fingerprint density at radius 1 is 1.35 bits per heavy atom. The van der Waals surface area contributed by atoms with Gasteiger partial charge in [0, 0.05) is 25.2 Å². The van der Waals surface area contributed by atoms with Crippen LogP contribution in [0.4, 0.5) is 5.82 Å². The smallest absolute Gasteiger partial charge is 0.128 e. The summed E-state index contributed by atoms with van der Waals surface area (Å²) in [6.07, 6.45) is 2.00. The SMILES string of the molecule is CC(O)C1CCN(c2ccc([C@H](C)O)cn2)C1. The van der Waals surface area contributed by atoms with Crippen LogP contribution in [0.5, 0.6) is 0 Å². The number of aliphatic hydroxyl groups excluding tert-OH is 2. The van der Waals surface area contributed by atoms with E-state index in [0.717, 1.165) is 30.9 Å². The average molecular weight is 236 g/mol. The highest BCUT2D eigenvalue weighted by atomic mass is 16.3. The van der Waals surface area contributed by atoms with Gasteiger partial charge in [-0.3, -0.25) is 0 Å². The van der Waals surface area contributed by atoms with Crippen LogP contribution in [0.1, 0.15) is 31.9 Å². The minimum absolute atomic E-state index is 0.253. The Morgan fingerprint density at radius 3 is 2.59 bits per heavy atom. The van der Waals surface area contributed by atoms with Gasteiger partial charge in [-0.05, 0) is 31.9 Å². The van der Waals surface area contributed by atoms with Crippen molar-refractivity contribution in [3.8, 4) is 0 Å². The van der Waals surface area contributed by atoms with Crippen LogP contribution in [0.3, 0.4) is 0 Å². The maximum atomic E-state index is 9.55. The van der Waals surface area contributed by atoms with E-state index >= 15 is 0 Å².